The molecule has 0 saturated carbocycles. The van der Waals surface area contributed by atoms with E-state index in [0.29, 0.717) is 12.0 Å². The average molecular weight is 337 g/mol. The molecule has 1 aliphatic heterocycles. The van der Waals surface area contributed by atoms with Gasteiger partial charge in [0, 0.05) is 12.0 Å². The summed E-state index contributed by atoms with van der Waals surface area (Å²) in [5.74, 6) is -1.52. The minimum atomic E-state index is -0.732. The summed E-state index contributed by atoms with van der Waals surface area (Å²) in [5, 5.41) is 0. The molecule has 6 heteroatoms. The Labute approximate surface area is 144 Å². The van der Waals surface area contributed by atoms with Crippen molar-refractivity contribution in [3.63, 3.8) is 0 Å². The number of imide groups is 1. The third-order valence-corrected chi connectivity index (χ3v) is 3.89. The maximum atomic E-state index is 12.2. The molecule has 0 N–H and O–H groups in total. The number of hydrogen-bond donors (Lipinski definition) is 0. The number of ether oxygens (including phenoxy) is 1. The van der Waals surface area contributed by atoms with Crippen LogP contribution in [0, 0.1) is 0 Å². The van der Waals surface area contributed by atoms with Gasteiger partial charge in [-0.1, -0.05) is 19.1 Å². The van der Waals surface area contributed by atoms with E-state index in [2.05, 4.69) is 0 Å². The highest BCUT2D eigenvalue weighted by Crippen LogP contribution is 2.22. The number of esters is 1. The van der Waals surface area contributed by atoms with Crippen molar-refractivity contribution in [2.45, 2.75) is 13.3 Å². The fraction of sp³-hybridized carbons (Fsp3) is 0.158. The van der Waals surface area contributed by atoms with Crippen molar-refractivity contribution >= 4 is 23.6 Å². The summed E-state index contributed by atoms with van der Waals surface area (Å²) in [6.45, 7) is 1.29. The number of carbonyl (C=O) groups excluding carboxylic acids is 4. The highest BCUT2D eigenvalue weighted by Gasteiger charge is 2.36. The van der Waals surface area contributed by atoms with Gasteiger partial charge in [0.25, 0.3) is 11.8 Å². The summed E-state index contributed by atoms with van der Waals surface area (Å²) in [4.78, 5) is 48.9. The summed E-state index contributed by atoms with van der Waals surface area (Å²) >= 11 is 0. The summed E-state index contributed by atoms with van der Waals surface area (Å²) in [7, 11) is 0. The van der Waals surface area contributed by atoms with Crippen LogP contribution in [-0.4, -0.2) is 35.0 Å². The van der Waals surface area contributed by atoms with E-state index < -0.39 is 24.3 Å². The zero-order chi connectivity index (χ0) is 18.0. The predicted octanol–water partition coefficient (Wildman–Crippen LogP) is 2.48. The van der Waals surface area contributed by atoms with Crippen molar-refractivity contribution in [3.05, 3.63) is 65.2 Å². The Morgan fingerprint density at radius 1 is 0.920 bits per heavy atom. The third-order valence-electron chi connectivity index (χ3n) is 3.89. The van der Waals surface area contributed by atoms with Crippen molar-refractivity contribution in [2.24, 2.45) is 0 Å². The van der Waals surface area contributed by atoms with E-state index in [9.17, 15) is 19.2 Å². The lowest BCUT2D eigenvalue weighted by atomic mass is 10.1. The van der Waals surface area contributed by atoms with Crippen LogP contribution in [0.1, 0.15) is 44.4 Å². The molecule has 0 atom stereocenters. The number of carbonyl (C=O) groups is 4. The number of rotatable bonds is 5. The van der Waals surface area contributed by atoms with Gasteiger partial charge in [-0.15, -0.1) is 0 Å². The van der Waals surface area contributed by atoms with E-state index in [1.165, 1.54) is 12.1 Å². The number of hydrogen-bond acceptors (Lipinski definition) is 5. The number of ketones is 1. The predicted molar refractivity (Wildman–Crippen MR) is 88.5 cm³/mol. The van der Waals surface area contributed by atoms with Crippen LogP contribution in [0.15, 0.2) is 48.5 Å². The first-order valence-electron chi connectivity index (χ1n) is 7.80. The quantitative estimate of drug-likeness (QED) is 0.362. The molecule has 0 bridgehead atoms. The summed E-state index contributed by atoms with van der Waals surface area (Å²) in [6, 6.07) is 12.5. The maximum absolute atomic E-state index is 12.2. The second-order valence-corrected chi connectivity index (χ2v) is 5.52. The first-order valence-corrected chi connectivity index (χ1v) is 7.80. The fourth-order valence-electron chi connectivity index (χ4n) is 2.59. The molecule has 0 saturated heterocycles. The smallest absolute Gasteiger partial charge is 0.331 e. The lowest BCUT2D eigenvalue weighted by molar-refractivity contribution is -0.134. The molecule has 126 valence electrons. The molecule has 0 aliphatic carbocycles. The Morgan fingerprint density at radius 3 is 2.00 bits per heavy atom. The molecule has 2 amide bonds. The maximum Gasteiger partial charge on any atom is 0.331 e. The first kappa shape index (κ1) is 16.6. The van der Waals surface area contributed by atoms with Crippen molar-refractivity contribution in [1.82, 2.24) is 4.90 Å². The molecule has 2 aromatic carbocycles. The fourth-order valence-corrected chi connectivity index (χ4v) is 2.59. The molecular formula is C19H15NO5. The summed E-state index contributed by atoms with van der Waals surface area (Å²) < 4.78 is 5.14. The Balaban J connectivity index is 1.67. The summed E-state index contributed by atoms with van der Waals surface area (Å²) in [5.41, 5.74) is 1.09. The minimum absolute atomic E-state index is 0.0103. The molecule has 0 radical (unpaired) electrons. The lowest BCUT2D eigenvalue weighted by Gasteiger charge is -2.13. The second kappa shape index (κ2) is 6.68. The van der Waals surface area contributed by atoms with Gasteiger partial charge in [-0.2, -0.15) is 0 Å². The van der Waals surface area contributed by atoms with Crippen LogP contribution < -0.4 is 4.74 Å². The van der Waals surface area contributed by atoms with Crippen LogP contribution in [0.5, 0.6) is 5.75 Å². The van der Waals surface area contributed by atoms with Crippen LogP contribution >= 0.6 is 0 Å². The highest BCUT2D eigenvalue weighted by atomic mass is 16.5. The van der Waals surface area contributed by atoms with Gasteiger partial charge in [0.15, 0.2) is 5.78 Å². The summed E-state index contributed by atoms with van der Waals surface area (Å²) in [6.07, 6.45) is 0.388. The molecule has 25 heavy (non-hydrogen) atoms. The lowest BCUT2D eigenvalue weighted by Crippen LogP contribution is -2.36. The molecule has 0 fully saturated rings. The molecule has 6 nitrogen and oxygen atoms in total. The number of amides is 2. The number of nitrogens with zero attached hydrogens (tertiary/aromatic N) is 1. The van der Waals surface area contributed by atoms with E-state index in [-0.39, 0.29) is 22.7 Å². The monoisotopic (exact) mass is 337 g/mol. The van der Waals surface area contributed by atoms with Gasteiger partial charge in [-0.3, -0.25) is 19.3 Å². The van der Waals surface area contributed by atoms with E-state index >= 15 is 0 Å². The van der Waals surface area contributed by atoms with Crippen LogP contribution in [0.4, 0.5) is 0 Å². The molecular weight excluding hydrogens is 322 g/mol. The topological polar surface area (TPSA) is 80.8 Å². The van der Waals surface area contributed by atoms with Gasteiger partial charge in [-0.05, 0) is 36.4 Å². The zero-order valence-corrected chi connectivity index (χ0v) is 13.5. The number of benzene rings is 2. The second-order valence-electron chi connectivity index (χ2n) is 5.52. The Morgan fingerprint density at radius 2 is 1.48 bits per heavy atom. The van der Waals surface area contributed by atoms with E-state index in [1.54, 1.807) is 43.3 Å². The normalized spacial score (nSPS) is 12.9. The Kier molecular flexibility index (Phi) is 4.43. The molecule has 0 aromatic heterocycles. The molecule has 2 aromatic rings. The van der Waals surface area contributed by atoms with Gasteiger partial charge in [0.05, 0.1) is 11.1 Å². The van der Waals surface area contributed by atoms with Crippen LogP contribution in [0.25, 0.3) is 0 Å². The first-order chi connectivity index (χ1) is 12.0. The van der Waals surface area contributed by atoms with Crippen LogP contribution in [0.2, 0.25) is 0 Å². The molecule has 3 rings (SSSR count). The average Bonchev–Trinajstić information content (AvgIpc) is 2.87. The Hall–Kier alpha value is -3.28. The van der Waals surface area contributed by atoms with Crippen LogP contribution in [-0.2, 0) is 4.79 Å². The van der Waals surface area contributed by atoms with Crippen molar-refractivity contribution < 1.29 is 23.9 Å². The van der Waals surface area contributed by atoms with Gasteiger partial charge < -0.3 is 4.74 Å². The van der Waals surface area contributed by atoms with Gasteiger partial charge in [0.1, 0.15) is 12.3 Å². The van der Waals surface area contributed by atoms with Gasteiger partial charge in [0.2, 0.25) is 0 Å². The van der Waals surface area contributed by atoms with Crippen molar-refractivity contribution in [3.8, 4) is 5.75 Å². The minimum Gasteiger partial charge on any atom is -0.425 e. The van der Waals surface area contributed by atoms with E-state index in [0.717, 1.165) is 4.90 Å². The third kappa shape index (κ3) is 3.19. The highest BCUT2D eigenvalue weighted by molar-refractivity contribution is 6.22. The standard InChI is InChI=1S/C19H15NO5/c1-2-16(21)12-7-9-13(10-8-12)25-17(22)11-20-18(23)14-5-3-4-6-15(14)19(20)24/h3-10H,2,11H2,1H3. The van der Waals surface area contributed by atoms with Crippen LogP contribution in [0.3, 0.4) is 0 Å². The Bertz CT molecular complexity index is 835. The molecule has 0 spiro atoms. The van der Waals surface area contributed by atoms with Gasteiger partial charge in [-0.25, -0.2) is 4.79 Å². The zero-order valence-electron chi connectivity index (χ0n) is 13.5. The van der Waals surface area contributed by atoms with E-state index in [4.69, 9.17) is 4.74 Å². The largest absolute Gasteiger partial charge is 0.425 e. The number of fused-ring (bicyclic) bond motifs is 1. The number of Topliss-reactive ketones (excluding diaryl/α,β-unsaturated/α-hetero) is 1. The van der Waals surface area contributed by atoms with E-state index in [1.807, 2.05) is 0 Å². The molecule has 1 aliphatic rings. The van der Waals surface area contributed by atoms with Crippen molar-refractivity contribution in [2.75, 3.05) is 6.54 Å². The molecule has 0 unspecified atom stereocenters. The molecule has 1 heterocycles. The SMILES string of the molecule is CCC(=O)c1ccc(OC(=O)CN2C(=O)c3ccccc3C2=O)cc1. The van der Waals surface area contributed by atoms with Crippen molar-refractivity contribution in [1.29, 1.82) is 0 Å². The van der Waals surface area contributed by atoms with Gasteiger partial charge >= 0.3 is 5.97 Å².